The predicted molar refractivity (Wildman–Crippen MR) is 144 cm³/mol. The Morgan fingerprint density at radius 2 is 1.89 bits per heavy atom. The molecule has 2 aromatic carbocycles. The molecular weight excluding hydrogens is 472 g/mol. The molecule has 2 atom stereocenters. The first-order valence-electron chi connectivity index (χ1n) is 12.8. The van der Waals surface area contributed by atoms with Gasteiger partial charge in [0.05, 0.1) is 24.8 Å². The van der Waals surface area contributed by atoms with Crippen LogP contribution in [0.5, 0.6) is 5.75 Å². The topological polar surface area (TPSA) is 97.8 Å². The fourth-order valence-electron chi connectivity index (χ4n) is 4.62. The van der Waals surface area contributed by atoms with Crippen molar-refractivity contribution in [1.82, 2.24) is 14.5 Å². The number of fused-ring (bicyclic) bond motifs is 1. The molecule has 2 heterocycles. The zero-order valence-electron chi connectivity index (χ0n) is 22.4. The van der Waals surface area contributed by atoms with Crippen molar-refractivity contribution in [1.29, 1.82) is 0 Å². The van der Waals surface area contributed by atoms with Crippen molar-refractivity contribution in [2.45, 2.75) is 52.4 Å². The average Bonchev–Trinajstić information content (AvgIpc) is 3.13. The molecule has 1 aliphatic heterocycles. The van der Waals surface area contributed by atoms with Crippen LogP contribution in [0.25, 0.3) is 11.0 Å². The molecule has 1 saturated heterocycles. The van der Waals surface area contributed by atoms with Gasteiger partial charge in [0.15, 0.2) is 0 Å². The molecule has 1 fully saturated rings. The summed E-state index contributed by atoms with van der Waals surface area (Å²) in [5, 5.41) is 3.41. The number of rotatable bonds is 8. The minimum absolute atomic E-state index is 0.0876. The van der Waals surface area contributed by atoms with Gasteiger partial charge in [-0.25, -0.2) is 9.59 Å². The number of H-pyrrole nitrogens is 1. The molecular formula is C28H38N4O5. The van der Waals surface area contributed by atoms with Gasteiger partial charge < -0.3 is 29.4 Å². The molecule has 1 aromatic heterocycles. The first-order chi connectivity index (χ1) is 17.6. The fourth-order valence-corrected chi connectivity index (χ4v) is 4.62. The lowest BCUT2D eigenvalue weighted by Gasteiger charge is -2.37. The summed E-state index contributed by atoms with van der Waals surface area (Å²) in [4.78, 5) is 29.4. The van der Waals surface area contributed by atoms with Gasteiger partial charge in [0, 0.05) is 31.9 Å². The van der Waals surface area contributed by atoms with Gasteiger partial charge in [-0.05, 0) is 44.7 Å². The van der Waals surface area contributed by atoms with Crippen LogP contribution in [0.15, 0.2) is 47.3 Å². The summed E-state index contributed by atoms with van der Waals surface area (Å²) in [5.74, 6) is 0.915. The molecule has 9 heteroatoms. The van der Waals surface area contributed by atoms with E-state index in [4.69, 9.17) is 14.2 Å². The lowest BCUT2D eigenvalue weighted by molar-refractivity contribution is -0.0375. The number of aryl methyl sites for hydroxylation is 1. The van der Waals surface area contributed by atoms with E-state index in [0.29, 0.717) is 55.5 Å². The van der Waals surface area contributed by atoms with Gasteiger partial charge in [-0.15, -0.1) is 0 Å². The molecule has 0 bridgehead atoms. The second-order valence-corrected chi connectivity index (χ2v) is 10.8. The normalized spacial score (nSPS) is 18.1. The number of carbonyl (C=O) groups is 1. The molecule has 0 unspecified atom stereocenters. The molecule has 37 heavy (non-hydrogen) atoms. The Morgan fingerprint density at radius 3 is 2.62 bits per heavy atom. The number of likely N-dealkylation sites (tertiary alicyclic amines) is 1. The maximum absolute atomic E-state index is 12.5. The molecule has 0 radical (unpaired) electrons. The number of imidazole rings is 1. The molecule has 0 aliphatic carbocycles. The molecule has 3 aromatic rings. The van der Waals surface area contributed by atoms with Crippen LogP contribution >= 0.6 is 0 Å². The quantitative estimate of drug-likeness (QED) is 0.433. The smallest absolute Gasteiger partial charge is 0.410 e. The monoisotopic (exact) mass is 510 g/mol. The summed E-state index contributed by atoms with van der Waals surface area (Å²) < 4.78 is 19.3. The van der Waals surface area contributed by atoms with E-state index >= 15 is 0 Å². The molecule has 1 amide bonds. The maximum atomic E-state index is 12.5. The highest BCUT2D eigenvalue weighted by Crippen LogP contribution is 2.29. The lowest BCUT2D eigenvalue weighted by Crippen LogP contribution is -2.48. The van der Waals surface area contributed by atoms with Crippen LogP contribution in [-0.2, 0) is 23.1 Å². The largest absolute Gasteiger partial charge is 0.489 e. The summed E-state index contributed by atoms with van der Waals surface area (Å²) in [5.41, 5.74) is 2.68. The van der Waals surface area contributed by atoms with Crippen LogP contribution in [-0.4, -0.2) is 58.6 Å². The first kappa shape index (κ1) is 26.6. The molecule has 1 aliphatic rings. The van der Waals surface area contributed by atoms with E-state index in [1.165, 1.54) is 0 Å². The van der Waals surface area contributed by atoms with Crippen LogP contribution in [0.3, 0.4) is 0 Å². The van der Waals surface area contributed by atoms with Gasteiger partial charge in [-0.2, -0.15) is 0 Å². The van der Waals surface area contributed by atoms with Crippen LogP contribution in [0, 0.1) is 5.92 Å². The third kappa shape index (κ3) is 7.07. The van der Waals surface area contributed by atoms with Gasteiger partial charge in [-0.3, -0.25) is 4.57 Å². The Balaban J connectivity index is 1.37. The third-order valence-electron chi connectivity index (χ3n) is 6.26. The van der Waals surface area contributed by atoms with E-state index in [1.807, 2.05) is 51.1 Å². The number of nitrogens with zero attached hydrogens (tertiary/aromatic N) is 2. The highest BCUT2D eigenvalue weighted by molar-refractivity contribution is 5.86. The lowest BCUT2D eigenvalue weighted by atomic mass is 9.98. The van der Waals surface area contributed by atoms with Crippen molar-refractivity contribution in [2.75, 3.05) is 31.6 Å². The number of hydrogen-bond acceptors (Lipinski definition) is 6. The Morgan fingerprint density at radius 1 is 1.14 bits per heavy atom. The van der Waals surface area contributed by atoms with Crippen molar-refractivity contribution in [3.05, 3.63) is 58.5 Å². The van der Waals surface area contributed by atoms with E-state index in [2.05, 4.69) is 29.4 Å². The van der Waals surface area contributed by atoms with E-state index in [1.54, 1.807) is 16.5 Å². The third-order valence-corrected chi connectivity index (χ3v) is 6.26. The molecule has 2 N–H and O–H groups in total. The van der Waals surface area contributed by atoms with Crippen molar-refractivity contribution < 1.29 is 19.0 Å². The van der Waals surface area contributed by atoms with Gasteiger partial charge in [0.25, 0.3) is 0 Å². The van der Waals surface area contributed by atoms with Crippen molar-refractivity contribution in [3.63, 3.8) is 0 Å². The zero-order chi connectivity index (χ0) is 26.6. The number of hydrogen-bond donors (Lipinski definition) is 2. The molecule has 0 spiro atoms. The molecule has 4 rings (SSSR count). The summed E-state index contributed by atoms with van der Waals surface area (Å²) in [6.07, 6.45) is 0.476. The second-order valence-electron chi connectivity index (χ2n) is 10.8. The minimum atomic E-state index is -0.532. The number of ether oxygens (including phenoxy) is 3. The summed E-state index contributed by atoms with van der Waals surface area (Å²) in [7, 11) is 1.72. The number of aromatic nitrogens is 2. The summed E-state index contributed by atoms with van der Waals surface area (Å²) in [6.45, 7) is 10.2. The fraction of sp³-hybridized carbons (Fsp3) is 0.500. The van der Waals surface area contributed by atoms with E-state index in [9.17, 15) is 9.59 Å². The SMILES string of the molecule is C[C@H]1C[C@@H](OCCOc2cc(NCc3ccccc3)cc3[nH]c(=O)n(C)c23)CN(C(=O)OC(C)(C)C)C1. The van der Waals surface area contributed by atoms with Gasteiger partial charge >= 0.3 is 11.8 Å². The molecule has 0 saturated carbocycles. The van der Waals surface area contributed by atoms with Crippen LogP contribution in [0.4, 0.5) is 10.5 Å². The van der Waals surface area contributed by atoms with Crippen LogP contribution in [0.2, 0.25) is 0 Å². The number of anilines is 1. The van der Waals surface area contributed by atoms with Gasteiger partial charge in [0.1, 0.15) is 23.5 Å². The van der Waals surface area contributed by atoms with Crippen molar-refractivity contribution in [3.8, 4) is 5.75 Å². The number of aromatic amines is 1. The van der Waals surface area contributed by atoms with E-state index in [0.717, 1.165) is 17.7 Å². The number of piperidine rings is 1. The number of amides is 1. The van der Waals surface area contributed by atoms with Crippen LogP contribution < -0.4 is 15.7 Å². The first-order valence-corrected chi connectivity index (χ1v) is 12.8. The Labute approximate surface area is 217 Å². The number of benzene rings is 2. The average molecular weight is 511 g/mol. The predicted octanol–water partition coefficient (Wildman–Crippen LogP) is 4.52. The number of nitrogens with one attached hydrogen (secondary N) is 2. The van der Waals surface area contributed by atoms with E-state index in [-0.39, 0.29) is 17.9 Å². The minimum Gasteiger partial charge on any atom is -0.489 e. The number of carbonyl (C=O) groups excluding carboxylic acids is 1. The van der Waals surface area contributed by atoms with Crippen molar-refractivity contribution >= 4 is 22.8 Å². The van der Waals surface area contributed by atoms with Crippen LogP contribution in [0.1, 0.15) is 39.7 Å². The molecule has 9 nitrogen and oxygen atoms in total. The molecule has 200 valence electrons. The Bertz CT molecular complexity index is 1260. The van der Waals surface area contributed by atoms with Crippen molar-refractivity contribution in [2.24, 2.45) is 13.0 Å². The highest BCUT2D eigenvalue weighted by Gasteiger charge is 2.31. The standard InChI is InChI=1S/C28H38N4O5/c1-19-13-22(18-32(17-19)27(34)37-28(2,3)4)35-11-12-36-24-15-21(29-16-20-9-7-6-8-10-20)14-23-25(24)31(5)26(33)30-23/h6-10,14-15,19,22,29H,11-13,16-18H2,1-5H3,(H,30,33)/t19-,22+/m0/s1. The maximum Gasteiger partial charge on any atom is 0.410 e. The van der Waals surface area contributed by atoms with Gasteiger partial charge in [-0.1, -0.05) is 37.3 Å². The summed E-state index contributed by atoms with van der Waals surface area (Å²) >= 11 is 0. The Kier molecular flexibility index (Phi) is 8.12. The van der Waals surface area contributed by atoms with Gasteiger partial charge in [0.2, 0.25) is 0 Å². The zero-order valence-corrected chi connectivity index (χ0v) is 22.4. The highest BCUT2D eigenvalue weighted by atomic mass is 16.6. The second kappa shape index (κ2) is 11.3. The Hall–Kier alpha value is -3.46. The summed E-state index contributed by atoms with van der Waals surface area (Å²) in [6, 6.07) is 13.9. The van der Waals surface area contributed by atoms with E-state index < -0.39 is 5.60 Å².